The molecule has 0 unspecified atom stereocenters. The molecular weight excluding hydrogens is 835 g/mol. The van der Waals surface area contributed by atoms with Crippen LogP contribution in [0.15, 0.2) is 84.9 Å². The van der Waals surface area contributed by atoms with Gasteiger partial charge >= 0.3 is 6.92 Å². The number of rotatable bonds is 19. The number of ketones is 2. The minimum Gasteiger partial charge on any atom is -0.492 e. The summed E-state index contributed by atoms with van der Waals surface area (Å²) >= 11 is 6.08. The van der Waals surface area contributed by atoms with Gasteiger partial charge in [0.2, 0.25) is 17.7 Å². The molecule has 1 heterocycles. The number of unbranched alkanes of at least 4 members (excludes halogenated alkanes) is 1. The van der Waals surface area contributed by atoms with E-state index < -0.39 is 54.3 Å². The Morgan fingerprint density at radius 3 is 2.08 bits per heavy atom. The maximum absolute atomic E-state index is 14.9. The summed E-state index contributed by atoms with van der Waals surface area (Å²) in [5, 5.41) is 16.0. The molecule has 4 aromatic carbocycles. The number of amides is 3. The van der Waals surface area contributed by atoms with Crippen LogP contribution in [0.4, 0.5) is 0 Å². The molecule has 16 heteroatoms. The van der Waals surface area contributed by atoms with Crippen molar-refractivity contribution in [2.45, 2.75) is 64.4 Å². The van der Waals surface area contributed by atoms with E-state index >= 15 is 0 Å². The van der Waals surface area contributed by atoms with Crippen LogP contribution in [0.5, 0.6) is 11.5 Å². The predicted octanol–water partition coefficient (Wildman–Crippen LogP) is 4.77. The summed E-state index contributed by atoms with van der Waals surface area (Å²) in [4.78, 5) is 72.3. The molecule has 5 rings (SSSR count). The minimum atomic E-state index is -1.21. The summed E-state index contributed by atoms with van der Waals surface area (Å²) in [5.74, 6) is -3.01. The third-order valence-corrected chi connectivity index (χ3v) is 11.5. The van der Waals surface area contributed by atoms with Crippen molar-refractivity contribution in [3.63, 3.8) is 0 Å². The number of hydrogen-bond donors (Lipinski definition) is 6. The van der Waals surface area contributed by atoms with Crippen LogP contribution in [0, 0.1) is 11.8 Å². The fourth-order valence-electron chi connectivity index (χ4n) is 7.79. The lowest BCUT2D eigenvalue weighted by Gasteiger charge is -2.32. The number of carbonyl (C=O) groups excluding carboxylic acids is 5. The minimum absolute atomic E-state index is 0.0392. The van der Waals surface area contributed by atoms with Gasteiger partial charge in [-0.15, -0.1) is 0 Å². The SMILES string of the molecule is CB(O)CNC(=O)[C@@H]1Cc2ccc(OCCN)c(c2)-c2cc(ccc2OCCN)[C@H](N(C)C(=O)[C@H](CCCCN)CC(=O)c2ccc(-c3ccc(Cl)cc3)cc2)C(=O)C[C@@H](C)C(=O)N1. The standard InChI is InChI=1S/C48H60BClN6O8/c1-30-24-42(58)45(56(3)48(61)36(6-4-5-19-51)28-41(57)34-10-8-32(9-11-34)33-12-15-37(50)16-13-33)35-14-18-44(64-23-21-53)39(27-35)38-25-31(7-17-43(38)63-22-20-52)26-40(55-46(30)59)47(60)54-29-49(2)62/h7-18,25,27,30,36,40,45,62H,4-6,19-24,26,28-29,51-53H2,1-3H3,(H,54,60)(H,55,59)/t30-,36-,40+,45+/m1/s1. The number of nitrogens with zero attached hydrogens (tertiary/aromatic N) is 1. The number of fused-ring (bicyclic) bond motifs is 5. The number of hydrogen-bond acceptors (Lipinski definition) is 11. The number of nitrogens with two attached hydrogens (primary N) is 3. The molecule has 1 aliphatic heterocycles. The second-order valence-electron chi connectivity index (χ2n) is 16.3. The molecule has 9 N–H and O–H groups in total. The van der Waals surface area contributed by atoms with Crippen molar-refractivity contribution in [2.24, 2.45) is 29.0 Å². The van der Waals surface area contributed by atoms with Crippen LogP contribution < -0.4 is 37.3 Å². The van der Waals surface area contributed by atoms with Gasteiger partial charge in [-0.25, -0.2) is 0 Å². The van der Waals surface area contributed by atoms with Crippen molar-refractivity contribution in [3.05, 3.63) is 107 Å². The summed E-state index contributed by atoms with van der Waals surface area (Å²) in [6, 6.07) is 22.8. The number of likely N-dealkylation sites (N-methyl/N-ethyl adjacent to an activating group) is 1. The molecule has 0 aliphatic carbocycles. The number of carbonyl (C=O) groups is 5. The lowest BCUT2D eigenvalue weighted by molar-refractivity contribution is -0.142. The topological polar surface area (TPSA) is 229 Å². The van der Waals surface area contributed by atoms with Crippen molar-refractivity contribution in [3.8, 4) is 33.8 Å². The van der Waals surface area contributed by atoms with E-state index in [9.17, 15) is 29.0 Å². The van der Waals surface area contributed by atoms with Crippen LogP contribution in [-0.4, -0.2) is 98.5 Å². The van der Waals surface area contributed by atoms with E-state index in [1.807, 2.05) is 30.3 Å². The lowest BCUT2D eigenvalue weighted by atomic mass is 9.72. The molecule has 0 saturated heterocycles. The molecular formula is C48H60BClN6O8. The largest absolute Gasteiger partial charge is 0.492 e. The molecule has 0 spiro atoms. The molecule has 4 bridgehead atoms. The lowest BCUT2D eigenvalue weighted by Crippen LogP contribution is -2.51. The van der Waals surface area contributed by atoms with Crippen LogP contribution in [0.25, 0.3) is 22.3 Å². The predicted molar refractivity (Wildman–Crippen MR) is 250 cm³/mol. The molecule has 340 valence electrons. The molecule has 64 heavy (non-hydrogen) atoms. The van der Waals surface area contributed by atoms with Crippen molar-refractivity contribution in [2.75, 3.05) is 46.3 Å². The Labute approximate surface area is 380 Å². The number of halogens is 1. The van der Waals surface area contributed by atoms with Gasteiger partial charge in [-0.1, -0.05) is 80.3 Å². The Bertz CT molecular complexity index is 2240. The summed E-state index contributed by atoms with van der Waals surface area (Å²) in [5.41, 5.74) is 22.0. The number of benzene rings is 4. The van der Waals surface area contributed by atoms with Gasteiger partial charge in [-0.2, -0.15) is 0 Å². The Morgan fingerprint density at radius 2 is 1.47 bits per heavy atom. The van der Waals surface area contributed by atoms with Gasteiger partial charge < -0.3 is 47.2 Å². The quantitative estimate of drug-likeness (QED) is 0.0427. The van der Waals surface area contributed by atoms with Crippen molar-refractivity contribution in [1.29, 1.82) is 0 Å². The van der Waals surface area contributed by atoms with Gasteiger partial charge in [0.1, 0.15) is 36.8 Å². The zero-order chi connectivity index (χ0) is 46.3. The molecule has 0 saturated carbocycles. The highest BCUT2D eigenvalue weighted by atomic mass is 35.5. The van der Waals surface area contributed by atoms with Gasteiger partial charge in [0.25, 0.3) is 0 Å². The van der Waals surface area contributed by atoms with Gasteiger partial charge in [0.15, 0.2) is 11.6 Å². The third-order valence-electron chi connectivity index (χ3n) is 11.2. The summed E-state index contributed by atoms with van der Waals surface area (Å²) < 4.78 is 12.3. The Morgan fingerprint density at radius 1 is 0.859 bits per heavy atom. The van der Waals surface area contributed by atoms with E-state index in [0.29, 0.717) is 70.1 Å². The molecule has 4 atom stereocenters. The van der Waals surface area contributed by atoms with Crippen LogP contribution in [0.3, 0.4) is 0 Å². The monoisotopic (exact) mass is 894 g/mol. The average molecular weight is 895 g/mol. The first-order valence-electron chi connectivity index (χ1n) is 21.8. The zero-order valence-corrected chi connectivity index (χ0v) is 37.6. The summed E-state index contributed by atoms with van der Waals surface area (Å²) in [6.07, 6.45) is 1.18. The highest BCUT2D eigenvalue weighted by Crippen LogP contribution is 2.41. The highest BCUT2D eigenvalue weighted by molar-refractivity contribution is 6.49. The van der Waals surface area contributed by atoms with Crippen molar-refractivity contribution >= 4 is 47.8 Å². The molecule has 1 aliphatic rings. The molecule has 3 amide bonds. The first-order valence-corrected chi connectivity index (χ1v) is 22.2. The van der Waals surface area contributed by atoms with Crippen LogP contribution >= 0.6 is 11.6 Å². The summed E-state index contributed by atoms with van der Waals surface area (Å²) in [6.45, 7) is 3.48. The second kappa shape index (κ2) is 23.9. The van der Waals surface area contributed by atoms with Gasteiger partial charge in [0, 0.05) is 79.4 Å². The first-order chi connectivity index (χ1) is 30.7. The third kappa shape index (κ3) is 13.2. The van der Waals surface area contributed by atoms with E-state index in [4.69, 9.17) is 38.3 Å². The molecule has 4 aromatic rings. The van der Waals surface area contributed by atoms with Gasteiger partial charge in [-0.05, 0) is 78.0 Å². The highest BCUT2D eigenvalue weighted by Gasteiger charge is 2.36. The Kier molecular flexibility index (Phi) is 18.5. The van der Waals surface area contributed by atoms with E-state index in [1.165, 1.54) is 18.8 Å². The summed E-state index contributed by atoms with van der Waals surface area (Å²) in [7, 11) is 1.54. The number of Topliss-reactive ketones (excluding diaryl/α,β-unsaturated/α-hetero) is 2. The van der Waals surface area contributed by atoms with Crippen LogP contribution in [0.1, 0.15) is 66.6 Å². The first kappa shape index (κ1) is 49.4. The van der Waals surface area contributed by atoms with E-state index in [-0.39, 0.29) is 57.8 Å². The van der Waals surface area contributed by atoms with Gasteiger partial charge in [-0.3, -0.25) is 24.0 Å². The van der Waals surface area contributed by atoms with Crippen LogP contribution in [-0.2, 0) is 25.6 Å². The van der Waals surface area contributed by atoms with Crippen molar-refractivity contribution in [1.82, 2.24) is 15.5 Å². The number of ether oxygens (including phenoxy) is 2. The fourth-order valence-corrected chi connectivity index (χ4v) is 7.92. The molecule has 14 nitrogen and oxygen atoms in total. The van der Waals surface area contributed by atoms with E-state index in [1.54, 1.807) is 61.5 Å². The maximum Gasteiger partial charge on any atom is 0.305 e. The van der Waals surface area contributed by atoms with Gasteiger partial charge in [0.05, 0.1) is 0 Å². The molecule has 0 radical (unpaired) electrons. The molecule has 0 aromatic heterocycles. The average Bonchev–Trinajstić information content (AvgIpc) is 3.28. The molecule has 0 fully saturated rings. The van der Waals surface area contributed by atoms with E-state index in [0.717, 1.165) is 11.1 Å². The number of nitrogens with one attached hydrogen (secondary N) is 2. The normalized spacial score (nSPS) is 16.8. The second-order valence-corrected chi connectivity index (χ2v) is 16.8. The maximum atomic E-state index is 14.9. The van der Waals surface area contributed by atoms with E-state index in [2.05, 4.69) is 10.6 Å². The zero-order valence-electron chi connectivity index (χ0n) is 36.8. The Hall–Kier alpha value is -5.58. The van der Waals surface area contributed by atoms with Crippen molar-refractivity contribution < 1.29 is 38.5 Å². The van der Waals surface area contributed by atoms with Crippen LogP contribution in [0.2, 0.25) is 11.8 Å². The fraction of sp³-hybridized carbons (Fsp3) is 0.396. The Balaban J connectivity index is 1.58. The smallest absolute Gasteiger partial charge is 0.305 e.